The molecule has 0 saturated heterocycles. The maximum absolute atomic E-state index is 7.08. The van der Waals surface area contributed by atoms with Crippen LogP contribution >= 0.6 is 27.5 Å². The summed E-state index contributed by atoms with van der Waals surface area (Å²) in [4.78, 5) is 0. The van der Waals surface area contributed by atoms with Crippen molar-refractivity contribution in [2.75, 3.05) is 7.09 Å². The molecule has 0 fully saturated rings. The topological polar surface area (TPSA) is 9.23 Å². The predicted octanol–water partition coefficient (Wildman–Crippen LogP) is 4.68. The summed E-state index contributed by atoms with van der Waals surface area (Å²) in [6, 6.07) is 11.5. The van der Waals surface area contributed by atoms with Crippen molar-refractivity contribution in [2.45, 2.75) is 6.42 Å². The largest absolute Gasteiger partial charge is 0.496 e. The third kappa shape index (κ3) is 3.32. The first-order valence-electron chi connectivity index (χ1n) is 6.30. The summed E-state index contributed by atoms with van der Waals surface area (Å²) in [5.41, 5.74) is 2.98. The molecule has 96 valence electrons. The first kappa shape index (κ1) is 12.6. The van der Waals surface area contributed by atoms with E-state index < -0.39 is 0 Å². The Balaban J connectivity index is 2.24. The fourth-order valence-corrected chi connectivity index (χ4v) is 2.48. The lowest BCUT2D eigenvalue weighted by Gasteiger charge is -2.09. The summed E-state index contributed by atoms with van der Waals surface area (Å²) >= 11 is 9.68. The minimum atomic E-state index is -0.137. The number of rotatable bonds is 3. The van der Waals surface area contributed by atoms with Gasteiger partial charge in [0.05, 0.1) is 12.9 Å². The zero-order valence-electron chi connectivity index (χ0n) is 11.1. The van der Waals surface area contributed by atoms with Crippen molar-refractivity contribution in [3.05, 3.63) is 62.6 Å². The van der Waals surface area contributed by atoms with Crippen LogP contribution in [0, 0.1) is 12.3 Å². The zero-order valence-corrected chi connectivity index (χ0v) is 12.5. The number of ether oxygens (including phenoxy) is 1. The van der Waals surface area contributed by atoms with Crippen LogP contribution in [-0.2, 0) is 6.42 Å². The third-order valence-corrected chi connectivity index (χ3v) is 3.74. The smallest absolute Gasteiger partial charge is 0.134 e. The van der Waals surface area contributed by atoms with Crippen LogP contribution in [0.5, 0.6) is 5.75 Å². The molecule has 0 radical (unpaired) electrons. The molecular formula is C16H12BrClO. The minimum absolute atomic E-state index is 0.137. The highest BCUT2D eigenvalue weighted by Crippen LogP contribution is 2.32. The van der Waals surface area contributed by atoms with Gasteiger partial charge in [0.25, 0.3) is 0 Å². The van der Waals surface area contributed by atoms with E-state index in [1.165, 1.54) is 0 Å². The lowest BCUT2D eigenvalue weighted by molar-refractivity contribution is 0.412. The quantitative estimate of drug-likeness (QED) is 0.739. The molecule has 0 heterocycles. The lowest BCUT2D eigenvalue weighted by atomic mass is 10.0. The Morgan fingerprint density at radius 2 is 2.11 bits per heavy atom. The van der Waals surface area contributed by atoms with Crippen molar-refractivity contribution >= 4 is 27.5 Å². The van der Waals surface area contributed by atoms with E-state index in [1.54, 1.807) is 6.07 Å². The van der Waals surface area contributed by atoms with Gasteiger partial charge < -0.3 is 4.74 Å². The second kappa shape index (κ2) is 6.14. The van der Waals surface area contributed by atoms with Gasteiger partial charge in [-0.05, 0) is 51.7 Å². The molecule has 2 rings (SSSR count). The van der Waals surface area contributed by atoms with E-state index in [0.717, 1.165) is 21.2 Å². The maximum Gasteiger partial charge on any atom is 0.134 e. The van der Waals surface area contributed by atoms with Crippen LogP contribution in [0.3, 0.4) is 0 Å². The monoisotopic (exact) mass is 335 g/mol. The van der Waals surface area contributed by atoms with Crippen LogP contribution in [0.15, 0.2) is 40.9 Å². The fraction of sp³-hybridized carbons (Fsp3) is 0.125. The molecule has 0 aliphatic heterocycles. The highest BCUT2D eigenvalue weighted by molar-refractivity contribution is 9.10. The summed E-state index contributed by atoms with van der Waals surface area (Å²) < 4.78 is 13.0. The molecule has 0 aliphatic carbocycles. The average molecular weight is 337 g/mol. The van der Waals surface area contributed by atoms with Gasteiger partial charge in [0.15, 0.2) is 0 Å². The first-order valence-corrected chi connectivity index (χ1v) is 6.76. The van der Waals surface area contributed by atoms with Crippen molar-refractivity contribution in [3.8, 4) is 18.1 Å². The van der Waals surface area contributed by atoms with E-state index in [9.17, 15) is 0 Å². The van der Waals surface area contributed by atoms with Crippen LogP contribution in [0.1, 0.15) is 18.1 Å². The Morgan fingerprint density at radius 3 is 2.74 bits per heavy atom. The zero-order chi connectivity index (χ0) is 14.5. The molecule has 0 saturated carbocycles. The van der Waals surface area contributed by atoms with E-state index in [4.69, 9.17) is 24.1 Å². The first-order chi connectivity index (χ1) is 9.63. The fourth-order valence-electron chi connectivity index (χ4n) is 1.75. The Morgan fingerprint density at radius 1 is 1.37 bits per heavy atom. The van der Waals surface area contributed by atoms with Gasteiger partial charge in [-0.1, -0.05) is 29.7 Å². The molecule has 0 amide bonds. The molecule has 0 bridgehead atoms. The lowest BCUT2D eigenvalue weighted by Crippen LogP contribution is -1.92. The molecular weight excluding hydrogens is 324 g/mol. The predicted molar refractivity (Wildman–Crippen MR) is 82.9 cm³/mol. The van der Waals surface area contributed by atoms with E-state index >= 15 is 0 Å². The van der Waals surface area contributed by atoms with Gasteiger partial charge in [-0.2, -0.15) is 0 Å². The van der Waals surface area contributed by atoms with Gasteiger partial charge in [-0.3, -0.25) is 0 Å². The molecule has 1 nitrogen and oxygen atoms in total. The van der Waals surface area contributed by atoms with Gasteiger partial charge in [0.1, 0.15) is 5.75 Å². The van der Waals surface area contributed by atoms with Crippen molar-refractivity contribution in [2.24, 2.45) is 0 Å². The van der Waals surface area contributed by atoms with Crippen molar-refractivity contribution in [1.82, 2.24) is 0 Å². The summed E-state index contributed by atoms with van der Waals surface area (Å²) in [5, 5.41) is 0.623. The number of hydrogen-bond acceptors (Lipinski definition) is 1. The van der Waals surface area contributed by atoms with Crippen molar-refractivity contribution < 1.29 is 6.11 Å². The van der Waals surface area contributed by atoms with Crippen molar-refractivity contribution in [1.29, 1.82) is 0 Å². The molecule has 2 aromatic carbocycles. The van der Waals surface area contributed by atoms with Crippen molar-refractivity contribution in [3.63, 3.8) is 0 Å². The maximum atomic E-state index is 7.08. The van der Waals surface area contributed by atoms with Crippen LogP contribution in [0.25, 0.3) is 0 Å². The molecule has 3 heteroatoms. The van der Waals surface area contributed by atoms with E-state index in [2.05, 4.69) is 21.9 Å². The SMILES string of the molecule is [2H]COc1cc(Cl)c(Cc2ccc(C#C)cc2)cc1Br. The van der Waals surface area contributed by atoms with Crippen LogP contribution in [-0.4, -0.2) is 7.09 Å². The molecule has 0 atom stereocenters. The second-order valence-corrected chi connectivity index (χ2v) is 5.30. The van der Waals surface area contributed by atoms with Crippen LogP contribution in [0.2, 0.25) is 5.02 Å². The Kier molecular flexibility index (Phi) is 4.07. The van der Waals surface area contributed by atoms with Gasteiger partial charge >= 0.3 is 0 Å². The Labute approximate surface area is 128 Å². The van der Waals surface area contributed by atoms with Crippen LogP contribution < -0.4 is 4.74 Å². The minimum Gasteiger partial charge on any atom is -0.496 e. The van der Waals surface area contributed by atoms with Gasteiger partial charge in [0.2, 0.25) is 0 Å². The average Bonchev–Trinajstić information content (AvgIpc) is 2.45. The Hall–Kier alpha value is -1.43. The number of methoxy groups -OCH3 is 1. The normalized spacial score (nSPS) is 10.7. The second-order valence-electron chi connectivity index (χ2n) is 4.04. The van der Waals surface area contributed by atoms with Gasteiger partial charge in [0, 0.05) is 16.7 Å². The molecule has 0 aromatic heterocycles. The number of hydrogen-bond donors (Lipinski definition) is 0. The highest BCUT2D eigenvalue weighted by Gasteiger charge is 2.08. The number of halogens is 2. The number of benzene rings is 2. The van der Waals surface area contributed by atoms with Gasteiger partial charge in [-0.25, -0.2) is 0 Å². The standard InChI is InChI=1S/C16H12BrClO/c1-3-11-4-6-12(7-5-11)8-13-9-14(17)16(19-2)10-15(13)18/h1,4-7,9-10H,8H2,2H3/i2D. The van der Waals surface area contributed by atoms with Gasteiger partial charge in [-0.15, -0.1) is 6.42 Å². The molecule has 0 N–H and O–H groups in total. The van der Waals surface area contributed by atoms with Crippen LogP contribution in [0.4, 0.5) is 0 Å². The molecule has 2 aromatic rings. The Bertz CT molecular complexity index is 647. The van der Waals surface area contributed by atoms with E-state index in [-0.39, 0.29) is 7.09 Å². The molecule has 0 unspecified atom stereocenters. The molecule has 19 heavy (non-hydrogen) atoms. The molecule has 0 aliphatic rings. The summed E-state index contributed by atoms with van der Waals surface area (Å²) in [5.74, 6) is 3.17. The summed E-state index contributed by atoms with van der Waals surface area (Å²) in [6.07, 6.45) is 6.05. The third-order valence-electron chi connectivity index (χ3n) is 2.77. The number of terminal acetylenes is 1. The molecule has 0 spiro atoms. The summed E-state index contributed by atoms with van der Waals surface area (Å²) in [6.45, 7) is 0. The summed E-state index contributed by atoms with van der Waals surface area (Å²) in [7, 11) is -0.137. The van der Waals surface area contributed by atoms with E-state index in [1.807, 2.05) is 30.3 Å². The highest BCUT2D eigenvalue weighted by atomic mass is 79.9. The van der Waals surface area contributed by atoms with E-state index in [0.29, 0.717) is 17.2 Å².